The van der Waals surface area contributed by atoms with Crippen LogP contribution in [-0.2, 0) is 9.53 Å². The van der Waals surface area contributed by atoms with Gasteiger partial charge in [-0.05, 0) is 36.5 Å². The number of methoxy groups -OCH3 is 1. The lowest BCUT2D eigenvalue weighted by molar-refractivity contribution is -0.145. The van der Waals surface area contributed by atoms with E-state index in [-0.39, 0.29) is 11.9 Å². The molecule has 1 aromatic rings. The van der Waals surface area contributed by atoms with E-state index in [2.05, 4.69) is 0 Å². The lowest BCUT2D eigenvalue weighted by Crippen LogP contribution is -2.18. The van der Waals surface area contributed by atoms with Crippen LogP contribution in [-0.4, -0.2) is 13.1 Å². The van der Waals surface area contributed by atoms with Gasteiger partial charge in [0, 0.05) is 5.02 Å². The molecule has 0 aliphatic heterocycles. The first-order valence-corrected chi connectivity index (χ1v) is 5.93. The van der Waals surface area contributed by atoms with Gasteiger partial charge in [-0.1, -0.05) is 30.2 Å². The molecule has 3 heteroatoms. The van der Waals surface area contributed by atoms with Crippen molar-refractivity contribution in [2.24, 2.45) is 5.92 Å². The van der Waals surface area contributed by atoms with Crippen LogP contribution in [0.1, 0.15) is 30.7 Å². The number of carbonyl (C=O) groups is 1. The molecule has 0 bridgehead atoms. The van der Waals surface area contributed by atoms with E-state index in [0.717, 1.165) is 24.3 Å². The fraction of sp³-hybridized carbons (Fsp3) is 0.462. The summed E-state index contributed by atoms with van der Waals surface area (Å²) in [5, 5.41) is 0.733. The lowest BCUT2D eigenvalue weighted by Gasteiger charge is -2.17. The number of ether oxygens (including phenoxy) is 1. The van der Waals surface area contributed by atoms with Crippen LogP contribution in [0.2, 0.25) is 5.02 Å². The summed E-state index contributed by atoms with van der Waals surface area (Å²) in [5.41, 5.74) is 1.19. The maximum atomic E-state index is 11.6. The van der Waals surface area contributed by atoms with E-state index in [0.29, 0.717) is 5.92 Å². The number of hydrogen-bond acceptors (Lipinski definition) is 2. The molecule has 0 spiro atoms. The minimum atomic E-state index is -0.0857. The van der Waals surface area contributed by atoms with Crippen LogP contribution in [0.25, 0.3) is 0 Å². The van der Waals surface area contributed by atoms with Crippen molar-refractivity contribution in [3.63, 3.8) is 0 Å². The highest BCUT2D eigenvalue weighted by Crippen LogP contribution is 2.40. The Labute approximate surface area is 101 Å². The molecule has 0 saturated heterocycles. The maximum absolute atomic E-state index is 11.6. The summed E-state index contributed by atoms with van der Waals surface area (Å²) in [4.78, 5) is 11.6. The minimum Gasteiger partial charge on any atom is -0.469 e. The highest BCUT2D eigenvalue weighted by molar-refractivity contribution is 6.30. The minimum absolute atomic E-state index is 0.0196. The molecular formula is C13H15ClO2. The number of esters is 1. The Hall–Kier alpha value is -1.02. The smallest absolute Gasteiger partial charge is 0.309 e. The summed E-state index contributed by atoms with van der Waals surface area (Å²) < 4.78 is 4.84. The SMILES string of the molecule is COC(=O)[C@H]1CCC[C@H]1c1ccc(Cl)cc1. The van der Waals surface area contributed by atoms with Gasteiger partial charge < -0.3 is 4.74 Å². The van der Waals surface area contributed by atoms with Crippen molar-refractivity contribution in [3.05, 3.63) is 34.9 Å². The van der Waals surface area contributed by atoms with Crippen molar-refractivity contribution in [2.45, 2.75) is 25.2 Å². The van der Waals surface area contributed by atoms with E-state index in [1.807, 2.05) is 24.3 Å². The quantitative estimate of drug-likeness (QED) is 0.739. The first-order chi connectivity index (χ1) is 7.72. The molecule has 86 valence electrons. The summed E-state index contributed by atoms with van der Waals surface area (Å²) >= 11 is 5.85. The third kappa shape index (κ3) is 2.22. The fourth-order valence-electron chi connectivity index (χ4n) is 2.50. The second-order valence-corrected chi connectivity index (χ2v) is 4.66. The van der Waals surface area contributed by atoms with Crippen LogP contribution in [0.3, 0.4) is 0 Å². The second kappa shape index (κ2) is 4.88. The van der Waals surface area contributed by atoms with Gasteiger partial charge in [0.2, 0.25) is 0 Å². The molecule has 1 saturated carbocycles. The Kier molecular flexibility index (Phi) is 3.49. The van der Waals surface area contributed by atoms with Crippen molar-refractivity contribution < 1.29 is 9.53 Å². The van der Waals surface area contributed by atoms with Crippen molar-refractivity contribution in [1.82, 2.24) is 0 Å². The predicted molar refractivity (Wildman–Crippen MR) is 63.6 cm³/mol. The highest BCUT2D eigenvalue weighted by Gasteiger charge is 2.34. The molecule has 2 rings (SSSR count). The number of rotatable bonds is 2. The number of hydrogen-bond donors (Lipinski definition) is 0. The maximum Gasteiger partial charge on any atom is 0.309 e. The third-order valence-electron chi connectivity index (χ3n) is 3.32. The fourth-order valence-corrected chi connectivity index (χ4v) is 2.63. The standard InChI is InChI=1S/C13H15ClO2/c1-16-13(15)12-4-2-3-11(12)9-5-7-10(14)8-6-9/h5-8,11-12H,2-4H2,1H3/t11-,12-/m0/s1. The molecular weight excluding hydrogens is 224 g/mol. The van der Waals surface area contributed by atoms with E-state index >= 15 is 0 Å². The molecule has 0 heterocycles. The van der Waals surface area contributed by atoms with Crippen molar-refractivity contribution in [1.29, 1.82) is 0 Å². The Morgan fingerprint density at radius 1 is 1.31 bits per heavy atom. The van der Waals surface area contributed by atoms with E-state index in [1.54, 1.807) is 0 Å². The van der Waals surface area contributed by atoms with Gasteiger partial charge in [0.1, 0.15) is 0 Å². The molecule has 1 aromatic carbocycles. The van der Waals surface area contributed by atoms with Gasteiger partial charge in [-0.15, -0.1) is 0 Å². The number of halogens is 1. The van der Waals surface area contributed by atoms with Gasteiger partial charge in [-0.3, -0.25) is 4.79 Å². The Balaban J connectivity index is 2.19. The Morgan fingerprint density at radius 2 is 2.00 bits per heavy atom. The average molecular weight is 239 g/mol. The summed E-state index contributed by atoms with van der Waals surface area (Å²) in [6.07, 6.45) is 3.08. The number of benzene rings is 1. The van der Waals surface area contributed by atoms with Gasteiger partial charge in [0.15, 0.2) is 0 Å². The van der Waals surface area contributed by atoms with Crippen LogP contribution in [0.4, 0.5) is 0 Å². The second-order valence-electron chi connectivity index (χ2n) is 4.22. The highest BCUT2D eigenvalue weighted by atomic mass is 35.5. The van der Waals surface area contributed by atoms with Crippen LogP contribution >= 0.6 is 11.6 Å². The summed E-state index contributed by atoms with van der Waals surface area (Å²) in [6, 6.07) is 7.77. The topological polar surface area (TPSA) is 26.3 Å². The molecule has 2 nitrogen and oxygen atoms in total. The van der Waals surface area contributed by atoms with Crippen molar-refractivity contribution >= 4 is 17.6 Å². The average Bonchev–Trinajstić information content (AvgIpc) is 2.78. The lowest BCUT2D eigenvalue weighted by atomic mass is 9.89. The zero-order valence-electron chi connectivity index (χ0n) is 9.28. The molecule has 1 fully saturated rings. The van der Waals surface area contributed by atoms with Crippen LogP contribution < -0.4 is 0 Å². The molecule has 0 amide bonds. The molecule has 16 heavy (non-hydrogen) atoms. The summed E-state index contributed by atoms with van der Waals surface area (Å²) in [5.74, 6) is 0.230. The Bertz CT molecular complexity index is 372. The zero-order valence-corrected chi connectivity index (χ0v) is 10.0. The normalized spacial score (nSPS) is 24.4. The molecule has 1 aliphatic rings. The first-order valence-electron chi connectivity index (χ1n) is 5.55. The molecule has 0 radical (unpaired) electrons. The molecule has 0 unspecified atom stereocenters. The molecule has 2 atom stereocenters. The first kappa shape index (κ1) is 11.5. The van der Waals surface area contributed by atoms with Gasteiger partial charge in [-0.2, -0.15) is 0 Å². The van der Waals surface area contributed by atoms with Crippen molar-refractivity contribution in [3.8, 4) is 0 Å². The van der Waals surface area contributed by atoms with Gasteiger partial charge in [0.05, 0.1) is 13.0 Å². The largest absolute Gasteiger partial charge is 0.469 e. The van der Waals surface area contributed by atoms with Crippen LogP contribution in [0.5, 0.6) is 0 Å². The summed E-state index contributed by atoms with van der Waals surface area (Å²) in [6.45, 7) is 0. The number of carbonyl (C=O) groups excluding carboxylic acids is 1. The molecule has 0 aromatic heterocycles. The van der Waals surface area contributed by atoms with Gasteiger partial charge in [-0.25, -0.2) is 0 Å². The monoisotopic (exact) mass is 238 g/mol. The van der Waals surface area contributed by atoms with Crippen molar-refractivity contribution in [2.75, 3.05) is 7.11 Å². The Morgan fingerprint density at radius 3 is 2.62 bits per heavy atom. The van der Waals surface area contributed by atoms with Crippen LogP contribution in [0.15, 0.2) is 24.3 Å². The zero-order chi connectivity index (χ0) is 11.5. The van der Waals surface area contributed by atoms with Gasteiger partial charge in [0.25, 0.3) is 0 Å². The van der Waals surface area contributed by atoms with E-state index in [1.165, 1.54) is 12.7 Å². The predicted octanol–water partition coefficient (Wildman–Crippen LogP) is 3.40. The van der Waals surface area contributed by atoms with E-state index < -0.39 is 0 Å². The van der Waals surface area contributed by atoms with Gasteiger partial charge >= 0.3 is 5.97 Å². The molecule has 1 aliphatic carbocycles. The van der Waals surface area contributed by atoms with Crippen LogP contribution in [0, 0.1) is 5.92 Å². The molecule has 0 N–H and O–H groups in total. The van der Waals surface area contributed by atoms with E-state index in [9.17, 15) is 4.79 Å². The van der Waals surface area contributed by atoms with E-state index in [4.69, 9.17) is 16.3 Å². The summed E-state index contributed by atoms with van der Waals surface area (Å²) in [7, 11) is 1.46. The third-order valence-corrected chi connectivity index (χ3v) is 3.57.